The van der Waals surface area contributed by atoms with Crippen molar-refractivity contribution in [3.8, 4) is 44.9 Å². The number of anilines is 6. The first-order chi connectivity index (χ1) is 36.2. The van der Waals surface area contributed by atoms with Crippen molar-refractivity contribution < 1.29 is 13.6 Å². The van der Waals surface area contributed by atoms with Crippen LogP contribution in [-0.2, 0) is 0 Å². The van der Waals surface area contributed by atoms with E-state index in [4.69, 9.17) is 13.6 Å². The van der Waals surface area contributed by atoms with Crippen molar-refractivity contribution in [3.05, 3.63) is 255 Å². The van der Waals surface area contributed by atoms with Gasteiger partial charge < -0.3 is 23.4 Å². The Balaban J connectivity index is 0.892. The van der Waals surface area contributed by atoms with Gasteiger partial charge in [0.15, 0.2) is 0 Å². The molecule has 0 spiro atoms. The average Bonchev–Trinajstić information content (AvgIpc) is 4.03. The molecule has 0 amide bonds. The van der Waals surface area contributed by atoms with Gasteiger partial charge in [-0.15, -0.1) is 0 Å². The Hall–Kier alpha value is -9.84. The molecule has 14 aromatic rings. The second-order valence-corrected chi connectivity index (χ2v) is 18.8. The summed E-state index contributed by atoms with van der Waals surface area (Å²) >= 11 is 0. The maximum Gasteiger partial charge on any atom is 0.137 e. The van der Waals surface area contributed by atoms with E-state index in [2.05, 4.69) is 240 Å². The summed E-state index contributed by atoms with van der Waals surface area (Å²) < 4.78 is 19.7. The fourth-order valence-corrected chi connectivity index (χ4v) is 11.3. The third-order valence-electron chi connectivity index (χ3n) is 14.6. The van der Waals surface area contributed by atoms with Gasteiger partial charge in [0, 0.05) is 72.4 Å². The summed E-state index contributed by atoms with van der Waals surface area (Å²) in [4.78, 5) is 4.74. The first kappa shape index (κ1) is 41.0. The maximum atomic E-state index is 7.08. The van der Waals surface area contributed by atoms with Crippen LogP contribution in [0.1, 0.15) is 0 Å². The molecule has 1 aliphatic heterocycles. The van der Waals surface area contributed by atoms with E-state index in [1.165, 1.54) is 0 Å². The van der Waals surface area contributed by atoms with Crippen molar-refractivity contribution in [1.29, 1.82) is 0 Å². The van der Waals surface area contributed by atoms with Gasteiger partial charge in [-0.3, -0.25) is 0 Å². The maximum absolute atomic E-state index is 7.08. The Morgan fingerprint density at radius 2 is 0.726 bits per heavy atom. The summed E-state index contributed by atoms with van der Waals surface area (Å²) in [7, 11) is 0. The van der Waals surface area contributed by atoms with Gasteiger partial charge in [0.05, 0.1) is 11.4 Å². The van der Waals surface area contributed by atoms with Crippen LogP contribution in [0.25, 0.3) is 98.8 Å². The van der Waals surface area contributed by atoms with Crippen molar-refractivity contribution in [3.63, 3.8) is 0 Å². The number of hydrogen-bond acceptors (Lipinski definition) is 5. The van der Waals surface area contributed by atoms with E-state index in [9.17, 15) is 0 Å². The molecule has 0 saturated carbocycles. The first-order valence-electron chi connectivity index (χ1n) is 24.7. The third kappa shape index (κ3) is 6.63. The van der Waals surface area contributed by atoms with Gasteiger partial charge in [-0.1, -0.05) is 152 Å². The lowest BCUT2D eigenvalue weighted by Crippen LogP contribution is -2.12. The standard InChI is InChI=1S/C68H42N2O3/c1-3-16-43(17-4-1)50-20-7-11-25-60(50)69(47-33-36-64-57(40-47)52-22-9-13-27-62(52)71-64)46-31-30-45-38-59-54-35-32-49(42-67(54)73-66-29-15-24-55(68(59)66)56(45)39-46)70(61-26-12-8-21-51(61)44-18-5-2-6-19-44)48-34-37-65-58(41-48)53-23-10-14-28-63(53)72-65/h1-42H. The van der Waals surface area contributed by atoms with Crippen molar-refractivity contribution >= 4 is 99.5 Å². The molecular weight excluding hydrogens is 893 g/mol. The summed E-state index contributed by atoms with van der Waals surface area (Å²) in [6.07, 6.45) is 0. The third-order valence-corrected chi connectivity index (χ3v) is 14.6. The molecule has 0 aliphatic carbocycles. The number of fused-ring (bicyclic) bond motifs is 10. The summed E-state index contributed by atoms with van der Waals surface area (Å²) in [6.45, 7) is 0. The van der Waals surface area contributed by atoms with Crippen LogP contribution in [-0.4, -0.2) is 0 Å². The molecule has 73 heavy (non-hydrogen) atoms. The van der Waals surface area contributed by atoms with E-state index >= 15 is 0 Å². The molecule has 0 atom stereocenters. The van der Waals surface area contributed by atoms with Crippen molar-refractivity contribution in [2.75, 3.05) is 9.80 Å². The Kier molecular flexibility index (Phi) is 9.19. The first-order valence-corrected chi connectivity index (χ1v) is 24.7. The number of hydrogen-bond donors (Lipinski definition) is 0. The molecule has 0 saturated heterocycles. The molecule has 0 N–H and O–H groups in total. The van der Waals surface area contributed by atoms with Gasteiger partial charge in [-0.05, 0) is 130 Å². The zero-order valence-electron chi connectivity index (χ0n) is 39.4. The normalized spacial score (nSPS) is 11.9. The Morgan fingerprint density at radius 3 is 1.33 bits per heavy atom. The van der Waals surface area contributed by atoms with Gasteiger partial charge in [0.25, 0.3) is 0 Å². The largest absolute Gasteiger partial charge is 0.456 e. The van der Waals surface area contributed by atoms with Crippen LogP contribution < -0.4 is 14.5 Å². The Labute approximate surface area is 420 Å². The van der Waals surface area contributed by atoms with Gasteiger partial charge >= 0.3 is 0 Å². The van der Waals surface area contributed by atoms with Crippen LogP contribution in [0.4, 0.5) is 34.1 Å². The highest BCUT2D eigenvalue weighted by Gasteiger charge is 2.27. The minimum Gasteiger partial charge on any atom is -0.456 e. The summed E-state index contributed by atoms with van der Waals surface area (Å²) in [5.74, 6) is 1.63. The van der Waals surface area contributed by atoms with E-state index in [-0.39, 0.29) is 0 Å². The number of ether oxygens (including phenoxy) is 1. The van der Waals surface area contributed by atoms with E-state index in [1.807, 2.05) is 24.3 Å². The molecule has 2 aromatic heterocycles. The summed E-state index contributed by atoms with van der Waals surface area (Å²) in [6, 6.07) is 90.5. The molecule has 3 heterocycles. The minimum absolute atomic E-state index is 0.802. The molecule has 0 radical (unpaired) electrons. The molecule has 1 aliphatic rings. The highest BCUT2D eigenvalue weighted by atomic mass is 16.5. The molecule has 5 nitrogen and oxygen atoms in total. The second-order valence-electron chi connectivity index (χ2n) is 18.8. The lowest BCUT2D eigenvalue weighted by molar-refractivity contribution is 0.487. The van der Waals surface area contributed by atoms with Crippen LogP contribution >= 0.6 is 0 Å². The molecule has 0 fully saturated rings. The zero-order valence-corrected chi connectivity index (χ0v) is 39.4. The molecule has 342 valence electrons. The number of furan rings is 2. The van der Waals surface area contributed by atoms with Crippen LogP contribution in [0.2, 0.25) is 0 Å². The molecule has 15 rings (SSSR count). The van der Waals surface area contributed by atoms with E-state index < -0.39 is 0 Å². The smallest absolute Gasteiger partial charge is 0.137 e. The summed E-state index contributed by atoms with van der Waals surface area (Å²) in [5, 5.41) is 8.84. The molecule has 5 heteroatoms. The van der Waals surface area contributed by atoms with E-state index in [1.54, 1.807) is 0 Å². The molecule has 12 aromatic carbocycles. The van der Waals surface area contributed by atoms with E-state index in [0.29, 0.717) is 0 Å². The van der Waals surface area contributed by atoms with Crippen LogP contribution in [0.5, 0.6) is 11.5 Å². The van der Waals surface area contributed by atoms with Crippen molar-refractivity contribution in [2.24, 2.45) is 0 Å². The van der Waals surface area contributed by atoms with Crippen molar-refractivity contribution in [1.82, 2.24) is 0 Å². The van der Waals surface area contributed by atoms with Gasteiger partial charge in [-0.25, -0.2) is 0 Å². The Morgan fingerprint density at radius 1 is 0.260 bits per heavy atom. The van der Waals surface area contributed by atoms with Gasteiger partial charge in [-0.2, -0.15) is 0 Å². The fourth-order valence-electron chi connectivity index (χ4n) is 11.3. The number of para-hydroxylation sites is 4. The van der Waals surface area contributed by atoms with Gasteiger partial charge in [0.2, 0.25) is 0 Å². The average molecular weight is 935 g/mol. The summed E-state index contributed by atoms with van der Waals surface area (Å²) in [5.41, 5.74) is 16.4. The topological polar surface area (TPSA) is 42.0 Å². The monoisotopic (exact) mass is 934 g/mol. The highest BCUT2D eigenvalue weighted by molar-refractivity contribution is 6.18. The van der Waals surface area contributed by atoms with Crippen molar-refractivity contribution in [2.45, 2.75) is 0 Å². The van der Waals surface area contributed by atoms with E-state index in [0.717, 1.165) is 144 Å². The van der Waals surface area contributed by atoms with Crippen LogP contribution in [0, 0.1) is 0 Å². The molecule has 0 bridgehead atoms. The highest BCUT2D eigenvalue weighted by Crippen LogP contribution is 2.53. The second kappa shape index (κ2) is 16.4. The molecule has 0 unspecified atom stereocenters. The van der Waals surface area contributed by atoms with Gasteiger partial charge in [0.1, 0.15) is 33.8 Å². The quantitative estimate of drug-likeness (QED) is 0.142. The lowest BCUT2D eigenvalue weighted by atomic mass is 9.90. The predicted molar refractivity (Wildman–Crippen MR) is 302 cm³/mol. The SMILES string of the molecule is c1ccc(-c2ccccc2N(c2ccc3c(c2)Oc2cccc4c2c-3cc2ccc(N(c3ccc5oc6ccccc6c5c3)c3ccccc3-c3ccccc3)cc24)c2ccc3oc4ccccc4c3c2)cc1. The number of benzene rings is 12. The lowest BCUT2D eigenvalue weighted by Gasteiger charge is -2.30. The van der Waals surface area contributed by atoms with Crippen LogP contribution in [0.15, 0.2) is 264 Å². The zero-order chi connectivity index (χ0) is 48.0. The number of nitrogens with zero attached hydrogens (tertiary/aromatic N) is 2. The predicted octanol–water partition coefficient (Wildman–Crippen LogP) is 19.8. The molecular formula is C68H42N2O3. The minimum atomic E-state index is 0.802. The Bertz CT molecular complexity index is 4500. The van der Waals surface area contributed by atoms with Crippen LogP contribution in [0.3, 0.4) is 0 Å². The fraction of sp³-hybridized carbons (Fsp3) is 0. The number of rotatable bonds is 8.